The molecule has 1 aliphatic carbocycles. The lowest BCUT2D eigenvalue weighted by Crippen LogP contribution is -2.34. The lowest BCUT2D eigenvalue weighted by Gasteiger charge is -2.34. The van der Waals surface area contributed by atoms with Crippen LogP contribution in [0.1, 0.15) is 44.3 Å². The van der Waals surface area contributed by atoms with E-state index >= 15 is 0 Å². The summed E-state index contributed by atoms with van der Waals surface area (Å²) in [4.78, 5) is 0. The summed E-state index contributed by atoms with van der Waals surface area (Å²) >= 11 is 3.17. The van der Waals surface area contributed by atoms with E-state index in [1.54, 1.807) is 12.1 Å². The maximum atomic E-state index is 13.3. The Hall–Kier alpha value is -0.450. The number of nitrogens with two attached hydrogens (primary N) is 1. The third kappa shape index (κ3) is 2.86. The zero-order valence-corrected chi connectivity index (χ0v) is 12.8. The van der Waals surface area contributed by atoms with Crippen LogP contribution in [0.2, 0.25) is 0 Å². The first-order chi connectivity index (χ1) is 9.02. The van der Waals surface area contributed by atoms with Crippen molar-refractivity contribution in [3.05, 3.63) is 34.1 Å². The maximum Gasteiger partial charge on any atom is 0.137 e. The van der Waals surface area contributed by atoms with Crippen molar-refractivity contribution in [1.29, 1.82) is 0 Å². The van der Waals surface area contributed by atoms with Gasteiger partial charge in [-0.15, -0.1) is 0 Å². The fourth-order valence-electron chi connectivity index (χ4n) is 3.20. The molecule has 3 N–H and O–H groups in total. The van der Waals surface area contributed by atoms with Crippen LogP contribution >= 0.6 is 15.9 Å². The van der Waals surface area contributed by atoms with Crippen LogP contribution in [-0.4, -0.2) is 11.7 Å². The molecule has 1 saturated carbocycles. The minimum absolute atomic E-state index is 0.252. The monoisotopic (exact) mass is 329 g/mol. The molecular formula is C15H21BrFNO. The molecular weight excluding hydrogens is 309 g/mol. The molecule has 0 heterocycles. The first-order valence-electron chi connectivity index (χ1n) is 6.85. The Morgan fingerprint density at radius 1 is 1.58 bits per heavy atom. The van der Waals surface area contributed by atoms with Crippen molar-refractivity contribution in [2.75, 3.05) is 6.54 Å². The Balaban J connectivity index is 2.25. The van der Waals surface area contributed by atoms with E-state index in [4.69, 9.17) is 5.73 Å². The van der Waals surface area contributed by atoms with E-state index in [0.717, 1.165) is 31.2 Å². The molecule has 3 unspecified atom stereocenters. The molecule has 1 aromatic rings. The highest BCUT2D eigenvalue weighted by molar-refractivity contribution is 9.10. The molecule has 0 aliphatic heterocycles. The van der Waals surface area contributed by atoms with Crippen molar-refractivity contribution in [1.82, 2.24) is 0 Å². The summed E-state index contributed by atoms with van der Waals surface area (Å²) in [5, 5.41) is 10.7. The largest absolute Gasteiger partial charge is 0.388 e. The lowest BCUT2D eigenvalue weighted by atomic mass is 9.76. The van der Waals surface area contributed by atoms with Gasteiger partial charge >= 0.3 is 0 Å². The van der Waals surface area contributed by atoms with E-state index < -0.39 is 6.10 Å². The summed E-state index contributed by atoms with van der Waals surface area (Å²) in [5.41, 5.74) is 6.44. The van der Waals surface area contributed by atoms with Crippen molar-refractivity contribution >= 4 is 15.9 Å². The number of hydrogen-bond donors (Lipinski definition) is 2. The lowest BCUT2D eigenvalue weighted by molar-refractivity contribution is 0.0300. The second-order valence-electron chi connectivity index (χ2n) is 5.66. The summed E-state index contributed by atoms with van der Waals surface area (Å²) in [6, 6.07) is 4.71. The van der Waals surface area contributed by atoms with Gasteiger partial charge in [0.2, 0.25) is 0 Å². The second kappa shape index (κ2) is 5.90. The summed E-state index contributed by atoms with van der Waals surface area (Å²) in [6.07, 6.45) is 3.52. The van der Waals surface area contributed by atoms with E-state index in [1.807, 2.05) is 0 Å². The summed E-state index contributed by atoms with van der Waals surface area (Å²) in [6.45, 7) is 2.65. The fraction of sp³-hybridized carbons (Fsp3) is 0.600. The number of rotatable bonds is 4. The van der Waals surface area contributed by atoms with Gasteiger partial charge in [0.1, 0.15) is 5.82 Å². The standard InChI is InChI=1S/C15H21BrFNO/c1-2-10-5-6-15(8-10,9-18)14(19)11-3-4-13(17)12(16)7-11/h3-4,7,10,14,19H,2,5-6,8-9,18H2,1H3. The van der Waals surface area contributed by atoms with Crippen molar-refractivity contribution in [3.8, 4) is 0 Å². The van der Waals surface area contributed by atoms with E-state index in [2.05, 4.69) is 22.9 Å². The Morgan fingerprint density at radius 3 is 2.84 bits per heavy atom. The van der Waals surface area contributed by atoms with Crippen LogP contribution in [0.15, 0.2) is 22.7 Å². The molecule has 3 atom stereocenters. The highest BCUT2D eigenvalue weighted by atomic mass is 79.9. The van der Waals surface area contributed by atoms with Gasteiger partial charge in [-0.3, -0.25) is 0 Å². The summed E-state index contributed by atoms with van der Waals surface area (Å²) in [5.74, 6) is 0.331. The average Bonchev–Trinajstić information content (AvgIpc) is 2.86. The van der Waals surface area contributed by atoms with Gasteiger partial charge in [-0.05, 0) is 58.8 Å². The first kappa shape index (κ1) is 14.9. The zero-order chi connectivity index (χ0) is 14.0. The summed E-state index contributed by atoms with van der Waals surface area (Å²) < 4.78 is 13.7. The predicted molar refractivity (Wildman–Crippen MR) is 78.2 cm³/mol. The Kier molecular flexibility index (Phi) is 4.64. The Labute approximate surface area is 122 Å². The molecule has 1 fully saturated rings. The highest BCUT2D eigenvalue weighted by Crippen LogP contribution is 2.50. The van der Waals surface area contributed by atoms with Crippen LogP contribution in [0.25, 0.3) is 0 Å². The van der Waals surface area contributed by atoms with Gasteiger partial charge in [-0.25, -0.2) is 4.39 Å². The first-order valence-corrected chi connectivity index (χ1v) is 7.65. The topological polar surface area (TPSA) is 46.2 Å². The van der Waals surface area contributed by atoms with Crippen molar-refractivity contribution in [2.24, 2.45) is 17.1 Å². The molecule has 0 aromatic heterocycles. The number of aliphatic hydroxyl groups is 1. The number of benzene rings is 1. The molecule has 1 aliphatic rings. The molecule has 0 bridgehead atoms. The average molecular weight is 330 g/mol. The minimum atomic E-state index is -0.619. The summed E-state index contributed by atoms with van der Waals surface area (Å²) in [7, 11) is 0. The van der Waals surface area contributed by atoms with Crippen LogP contribution in [0.5, 0.6) is 0 Å². The highest BCUT2D eigenvalue weighted by Gasteiger charge is 2.43. The van der Waals surface area contributed by atoms with Crippen LogP contribution < -0.4 is 5.73 Å². The smallest absolute Gasteiger partial charge is 0.137 e. The SMILES string of the molecule is CCC1CCC(CN)(C(O)c2ccc(F)c(Br)c2)C1. The van der Waals surface area contributed by atoms with Crippen molar-refractivity contribution in [2.45, 2.75) is 38.7 Å². The maximum absolute atomic E-state index is 13.3. The Bertz CT molecular complexity index is 454. The normalized spacial score (nSPS) is 28.6. The second-order valence-corrected chi connectivity index (χ2v) is 6.51. The molecule has 2 rings (SSSR count). The molecule has 19 heavy (non-hydrogen) atoms. The third-order valence-electron chi connectivity index (χ3n) is 4.57. The van der Waals surface area contributed by atoms with Gasteiger partial charge < -0.3 is 10.8 Å². The van der Waals surface area contributed by atoms with E-state index in [0.29, 0.717) is 16.9 Å². The molecule has 1 aromatic carbocycles. The van der Waals surface area contributed by atoms with E-state index in [9.17, 15) is 9.50 Å². The zero-order valence-electron chi connectivity index (χ0n) is 11.2. The van der Waals surface area contributed by atoms with Gasteiger partial charge in [0.25, 0.3) is 0 Å². The van der Waals surface area contributed by atoms with Crippen LogP contribution in [0.3, 0.4) is 0 Å². The quantitative estimate of drug-likeness (QED) is 0.883. The van der Waals surface area contributed by atoms with E-state index in [1.165, 1.54) is 6.07 Å². The van der Waals surface area contributed by atoms with Crippen LogP contribution in [-0.2, 0) is 0 Å². The number of hydrogen-bond acceptors (Lipinski definition) is 2. The van der Waals surface area contributed by atoms with Crippen molar-refractivity contribution in [3.63, 3.8) is 0 Å². The molecule has 0 spiro atoms. The van der Waals surface area contributed by atoms with Gasteiger partial charge in [-0.1, -0.05) is 19.4 Å². The predicted octanol–water partition coefficient (Wildman–Crippen LogP) is 3.78. The fourth-order valence-corrected chi connectivity index (χ4v) is 3.60. The molecule has 0 radical (unpaired) electrons. The van der Waals surface area contributed by atoms with E-state index in [-0.39, 0.29) is 11.2 Å². The van der Waals surface area contributed by atoms with Crippen LogP contribution in [0, 0.1) is 17.2 Å². The molecule has 0 saturated heterocycles. The molecule has 106 valence electrons. The number of halogens is 2. The molecule has 4 heteroatoms. The molecule has 2 nitrogen and oxygen atoms in total. The van der Waals surface area contributed by atoms with Gasteiger partial charge in [-0.2, -0.15) is 0 Å². The van der Waals surface area contributed by atoms with Gasteiger partial charge in [0.15, 0.2) is 0 Å². The van der Waals surface area contributed by atoms with Gasteiger partial charge in [0.05, 0.1) is 10.6 Å². The third-order valence-corrected chi connectivity index (χ3v) is 5.18. The molecule has 0 amide bonds. The number of aliphatic hydroxyl groups excluding tert-OH is 1. The Morgan fingerprint density at radius 2 is 2.32 bits per heavy atom. The minimum Gasteiger partial charge on any atom is -0.388 e. The van der Waals surface area contributed by atoms with Crippen LogP contribution in [0.4, 0.5) is 4.39 Å². The van der Waals surface area contributed by atoms with Gasteiger partial charge in [0, 0.05) is 12.0 Å². The van der Waals surface area contributed by atoms with Crippen molar-refractivity contribution < 1.29 is 9.50 Å².